The highest BCUT2D eigenvalue weighted by Gasteiger charge is 2.29. The van der Waals surface area contributed by atoms with Gasteiger partial charge in [-0.05, 0) is 25.7 Å². The fourth-order valence-corrected chi connectivity index (χ4v) is 3.93. The standard InChI is InChI=1S/C16H29F3N2/c17-16(18,19)13-20-11-12-21(14-7-3-1-4-8-14)15-9-5-2-6-10-15/h14-15,20H,1-13H2. The highest BCUT2D eigenvalue weighted by molar-refractivity contribution is 4.84. The van der Waals surface area contributed by atoms with Gasteiger partial charge in [0.2, 0.25) is 0 Å². The normalized spacial score (nSPS) is 22.9. The van der Waals surface area contributed by atoms with Crippen LogP contribution in [0.3, 0.4) is 0 Å². The lowest BCUT2D eigenvalue weighted by Gasteiger charge is -2.41. The first kappa shape index (κ1) is 17.1. The van der Waals surface area contributed by atoms with E-state index in [9.17, 15) is 13.2 Å². The van der Waals surface area contributed by atoms with Crippen LogP contribution in [0.25, 0.3) is 0 Å². The number of rotatable bonds is 6. The SMILES string of the molecule is FC(F)(F)CNCCN(C1CCCCC1)C1CCCCC1. The van der Waals surface area contributed by atoms with Gasteiger partial charge in [0.1, 0.15) is 0 Å². The molecule has 2 aliphatic carbocycles. The Kier molecular flexibility index (Phi) is 6.80. The molecule has 0 aliphatic heterocycles. The van der Waals surface area contributed by atoms with Crippen LogP contribution in [0.2, 0.25) is 0 Å². The second kappa shape index (κ2) is 8.37. The minimum Gasteiger partial charge on any atom is -0.307 e. The molecule has 124 valence electrons. The van der Waals surface area contributed by atoms with Crippen molar-refractivity contribution < 1.29 is 13.2 Å². The highest BCUT2D eigenvalue weighted by atomic mass is 19.4. The van der Waals surface area contributed by atoms with Crippen LogP contribution >= 0.6 is 0 Å². The number of alkyl halides is 3. The van der Waals surface area contributed by atoms with Crippen molar-refractivity contribution in [3.05, 3.63) is 0 Å². The van der Waals surface area contributed by atoms with Crippen molar-refractivity contribution in [1.82, 2.24) is 10.2 Å². The molecule has 0 aromatic heterocycles. The third kappa shape index (κ3) is 6.15. The quantitative estimate of drug-likeness (QED) is 0.743. The van der Waals surface area contributed by atoms with Crippen LogP contribution in [0.5, 0.6) is 0 Å². The summed E-state index contributed by atoms with van der Waals surface area (Å²) >= 11 is 0. The Morgan fingerprint density at radius 3 is 1.71 bits per heavy atom. The third-order valence-corrected chi connectivity index (χ3v) is 4.96. The van der Waals surface area contributed by atoms with Crippen LogP contribution in [-0.4, -0.2) is 42.8 Å². The lowest BCUT2D eigenvalue weighted by Crippen LogP contribution is -2.48. The average molecular weight is 306 g/mol. The van der Waals surface area contributed by atoms with Gasteiger partial charge < -0.3 is 5.32 Å². The molecule has 5 heteroatoms. The fraction of sp³-hybridized carbons (Fsp3) is 1.00. The molecule has 0 unspecified atom stereocenters. The van der Waals surface area contributed by atoms with Gasteiger partial charge in [0, 0.05) is 25.2 Å². The monoisotopic (exact) mass is 306 g/mol. The van der Waals surface area contributed by atoms with Crippen molar-refractivity contribution in [2.24, 2.45) is 0 Å². The molecule has 21 heavy (non-hydrogen) atoms. The summed E-state index contributed by atoms with van der Waals surface area (Å²) in [6, 6.07) is 1.21. The maximum absolute atomic E-state index is 12.2. The van der Waals surface area contributed by atoms with Crippen molar-refractivity contribution in [3.63, 3.8) is 0 Å². The molecule has 0 radical (unpaired) electrons. The van der Waals surface area contributed by atoms with Gasteiger partial charge in [-0.2, -0.15) is 13.2 Å². The Hall–Kier alpha value is -0.290. The lowest BCUT2D eigenvalue weighted by molar-refractivity contribution is -0.124. The summed E-state index contributed by atoms with van der Waals surface area (Å²) in [6.07, 6.45) is 8.60. The second-order valence-electron chi connectivity index (χ2n) is 6.61. The zero-order chi connectivity index (χ0) is 15.1. The lowest BCUT2D eigenvalue weighted by atomic mass is 9.88. The molecule has 0 atom stereocenters. The summed E-state index contributed by atoms with van der Waals surface area (Å²) in [7, 11) is 0. The molecule has 1 N–H and O–H groups in total. The smallest absolute Gasteiger partial charge is 0.307 e. The molecular formula is C16H29F3N2. The minimum atomic E-state index is -4.10. The van der Waals surface area contributed by atoms with Crippen molar-refractivity contribution in [3.8, 4) is 0 Å². The zero-order valence-corrected chi connectivity index (χ0v) is 12.9. The molecule has 0 amide bonds. The van der Waals surface area contributed by atoms with Gasteiger partial charge in [0.05, 0.1) is 6.54 Å². The molecule has 0 aromatic carbocycles. The summed E-state index contributed by atoms with van der Waals surface area (Å²) in [5, 5.41) is 2.57. The number of halogens is 3. The van der Waals surface area contributed by atoms with Crippen molar-refractivity contribution in [1.29, 1.82) is 0 Å². The Morgan fingerprint density at radius 1 is 0.810 bits per heavy atom. The Bertz CT molecular complexity index is 264. The molecule has 2 fully saturated rings. The summed E-state index contributed by atoms with van der Waals surface area (Å²) in [6.45, 7) is 0.355. The van der Waals surface area contributed by atoms with Gasteiger partial charge in [-0.3, -0.25) is 4.90 Å². The molecule has 2 rings (SSSR count). The maximum atomic E-state index is 12.2. The summed E-state index contributed by atoms with van der Waals surface area (Å²) < 4.78 is 36.6. The van der Waals surface area contributed by atoms with E-state index in [1.165, 1.54) is 64.2 Å². The zero-order valence-electron chi connectivity index (χ0n) is 12.9. The predicted molar refractivity (Wildman–Crippen MR) is 79.4 cm³/mol. The molecule has 0 aromatic rings. The summed E-state index contributed by atoms with van der Waals surface area (Å²) in [4.78, 5) is 2.54. The maximum Gasteiger partial charge on any atom is 0.401 e. The van der Waals surface area contributed by atoms with Crippen molar-refractivity contribution in [2.75, 3.05) is 19.6 Å². The summed E-state index contributed by atoms with van der Waals surface area (Å²) in [5.41, 5.74) is 0. The minimum absolute atomic E-state index is 0.451. The van der Waals surface area contributed by atoms with E-state index in [1.54, 1.807) is 0 Å². The van der Waals surface area contributed by atoms with Gasteiger partial charge in [0.15, 0.2) is 0 Å². The van der Waals surface area contributed by atoms with Crippen molar-refractivity contribution >= 4 is 0 Å². The first-order chi connectivity index (χ1) is 10.1. The van der Waals surface area contributed by atoms with E-state index >= 15 is 0 Å². The molecule has 0 heterocycles. The second-order valence-corrected chi connectivity index (χ2v) is 6.61. The molecule has 2 saturated carbocycles. The number of hydrogen-bond donors (Lipinski definition) is 1. The fourth-order valence-electron chi connectivity index (χ4n) is 3.93. The third-order valence-electron chi connectivity index (χ3n) is 4.96. The topological polar surface area (TPSA) is 15.3 Å². The van der Waals surface area contributed by atoms with Crippen LogP contribution in [0.15, 0.2) is 0 Å². The van der Waals surface area contributed by atoms with Crippen LogP contribution < -0.4 is 5.32 Å². The molecule has 2 nitrogen and oxygen atoms in total. The molecule has 2 aliphatic rings. The Labute approximate surface area is 126 Å². The van der Waals surface area contributed by atoms with E-state index < -0.39 is 12.7 Å². The van der Waals surface area contributed by atoms with E-state index in [0.717, 1.165) is 6.54 Å². The molecule has 0 saturated heterocycles. The Morgan fingerprint density at radius 2 is 1.29 bits per heavy atom. The van der Waals surface area contributed by atoms with E-state index in [0.29, 0.717) is 18.6 Å². The van der Waals surface area contributed by atoms with Crippen LogP contribution in [0.1, 0.15) is 64.2 Å². The van der Waals surface area contributed by atoms with Crippen molar-refractivity contribution in [2.45, 2.75) is 82.5 Å². The molecule has 0 bridgehead atoms. The number of nitrogens with one attached hydrogen (secondary N) is 1. The van der Waals surface area contributed by atoms with E-state index in [2.05, 4.69) is 10.2 Å². The van der Waals surface area contributed by atoms with E-state index in [4.69, 9.17) is 0 Å². The van der Waals surface area contributed by atoms with Gasteiger partial charge in [-0.1, -0.05) is 38.5 Å². The van der Waals surface area contributed by atoms with Gasteiger partial charge in [-0.25, -0.2) is 0 Å². The van der Waals surface area contributed by atoms with Crippen LogP contribution in [0, 0.1) is 0 Å². The van der Waals surface area contributed by atoms with Gasteiger partial charge in [0.25, 0.3) is 0 Å². The van der Waals surface area contributed by atoms with E-state index in [1.807, 2.05) is 0 Å². The predicted octanol–water partition coefficient (Wildman–Crippen LogP) is 4.11. The van der Waals surface area contributed by atoms with Crippen LogP contribution in [-0.2, 0) is 0 Å². The Balaban J connectivity index is 1.82. The van der Waals surface area contributed by atoms with E-state index in [-0.39, 0.29) is 0 Å². The largest absolute Gasteiger partial charge is 0.401 e. The van der Waals surface area contributed by atoms with Gasteiger partial charge in [-0.15, -0.1) is 0 Å². The number of hydrogen-bond acceptors (Lipinski definition) is 2. The molecule has 0 spiro atoms. The van der Waals surface area contributed by atoms with Gasteiger partial charge >= 0.3 is 6.18 Å². The molecular weight excluding hydrogens is 277 g/mol. The first-order valence-corrected chi connectivity index (χ1v) is 8.59. The first-order valence-electron chi connectivity index (χ1n) is 8.59. The highest BCUT2D eigenvalue weighted by Crippen LogP contribution is 2.29. The summed E-state index contributed by atoms with van der Waals surface area (Å²) in [5.74, 6) is 0. The average Bonchev–Trinajstić information content (AvgIpc) is 2.48. The van der Waals surface area contributed by atoms with Crippen LogP contribution in [0.4, 0.5) is 13.2 Å². The number of nitrogens with zero attached hydrogens (tertiary/aromatic N) is 1.